The second kappa shape index (κ2) is 8.71. The lowest BCUT2D eigenvalue weighted by molar-refractivity contribution is -0.138. The van der Waals surface area contributed by atoms with Gasteiger partial charge in [0.05, 0.1) is 21.2 Å². The molecule has 3 aromatic rings. The van der Waals surface area contributed by atoms with Crippen LogP contribution in [0.2, 0.25) is 15.1 Å². The Morgan fingerprint density at radius 2 is 1.67 bits per heavy atom. The average molecular weight is 476 g/mol. The van der Waals surface area contributed by atoms with Crippen molar-refractivity contribution in [1.29, 1.82) is 0 Å². The number of amides is 1. The van der Waals surface area contributed by atoms with Crippen molar-refractivity contribution in [2.75, 3.05) is 11.9 Å². The molecule has 0 spiro atoms. The first-order valence-electron chi connectivity index (χ1n) is 8.30. The lowest BCUT2D eigenvalue weighted by Crippen LogP contribution is -2.29. The van der Waals surface area contributed by atoms with Crippen LogP contribution in [-0.2, 0) is 6.18 Å². The molecule has 0 N–H and O–H groups in total. The predicted molar refractivity (Wildman–Crippen MR) is 110 cm³/mol. The largest absolute Gasteiger partial charge is 0.439 e. The van der Waals surface area contributed by atoms with Crippen LogP contribution in [0.25, 0.3) is 0 Å². The summed E-state index contributed by atoms with van der Waals surface area (Å²) in [6.07, 6.45) is -3.99. The summed E-state index contributed by atoms with van der Waals surface area (Å²) in [5.41, 5.74) is -1.55. The van der Waals surface area contributed by atoms with E-state index < -0.39 is 23.2 Å². The Bertz CT molecular complexity index is 1090. The molecule has 0 unspecified atom stereocenters. The van der Waals surface area contributed by atoms with Crippen molar-refractivity contribution in [3.05, 3.63) is 80.9 Å². The average Bonchev–Trinajstić information content (AvgIpc) is 2.70. The van der Waals surface area contributed by atoms with Gasteiger partial charge in [0.2, 0.25) is 5.88 Å². The van der Waals surface area contributed by atoms with E-state index in [1.807, 2.05) is 0 Å². The third-order valence-electron chi connectivity index (χ3n) is 4.05. The van der Waals surface area contributed by atoms with Gasteiger partial charge in [-0.15, -0.1) is 0 Å². The molecule has 30 heavy (non-hydrogen) atoms. The van der Waals surface area contributed by atoms with E-state index in [1.54, 1.807) is 0 Å². The Hall–Kier alpha value is -2.48. The molecule has 10 heteroatoms. The topological polar surface area (TPSA) is 42.4 Å². The fourth-order valence-electron chi connectivity index (χ4n) is 2.51. The standard InChI is InChI=1S/C20H12Cl3F3N2O2/c1-28(12-4-7-16(22)17(23)8-12)19(29)14-10-27-18(9-15(14)20(24,25)26)30-13-5-2-11(21)3-6-13/h2-10H,1H3. The molecule has 4 nitrogen and oxygen atoms in total. The van der Waals surface area contributed by atoms with E-state index >= 15 is 0 Å². The number of carbonyl (C=O) groups is 1. The number of ether oxygens (including phenoxy) is 1. The number of halogens is 6. The first-order chi connectivity index (χ1) is 14.1. The Balaban J connectivity index is 1.95. The SMILES string of the molecule is CN(C(=O)c1cnc(Oc2ccc(Cl)cc2)cc1C(F)(F)F)c1ccc(Cl)c(Cl)c1. The van der Waals surface area contributed by atoms with Crippen LogP contribution in [0.4, 0.5) is 18.9 Å². The highest BCUT2D eigenvalue weighted by atomic mass is 35.5. The Morgan fingerprint density at radius 3 is 2.27 bits per heavy atom. The van der Waals surface area contributed by atoms with Crippen molar-refractivity contribution in [3.8, 4) is 11.6 Å². The first-order valence-corrected chi connectivity index (χ1v) is 9.43. The molecule has 0 radical (unpaired) electrons. The normalized spacial score (nSPS) is 11.3. The summed E-state index contributed by atoms with van der Waals surface area (Å²) in [6.45, 7) is 0. The molecule has 0 bridgehead atoms. The van der Waals surface area contributed by atoms with Crippen LogP contribution >= 0.6 is 34.8 Å². The number of anilines is 1. The summed E-state index contributed by atoms with van der Waals surface area (Å²) in [5.74, 6) is -1.00. The molecule has 156 valence electrons. The molecule has 1 aromatic heterocycles. The number of hydrogen-bond donors (Lipinski definition) is 0. The van der Waals surface area contributed by atoms with Gasteiger partial charge in [-0.3, -0.25) is 4.79 Å². The van der Waals surface area contributed by atoms with Crippen LogP contribution in [0, 0.1) is 0 Å². The molecule has 3 rings (SSSR count). The summed E-state index contributed by atoms with van der Waals surface area (Å²) in [6, 6.07) is 10.9. The highest BCUT2D eigenvalue weighted by Crippen LogP contribution is 2.36. The van der Waals surface area contributed by atoms with E-state index in [0.717, 1.165) is 11.1 Å². The second-order valence-corrected chi connectivity index (χ2v) is 7.34. The summed E-state index contributed by atoms with van der Waals surface area (Å²) in [7, 11) is 1.32. The number of pyridine rings is 1. The van der Waals surface area contributed by atoms with Gasteiger partial charge in [0.25, 0.3) is 5.91 Å². The zero-order chi connectivity index (χ0) is 22.1. The van der Waals surface area contributed by atoms with E-state index in [9.17, 15) is 18.0 Å². The minimum atomic E-state index is -4.81. The summed E-state index contributed by atoms with van der Waals surface area (Å²) < 4.78 is 46.3. The quantitative estimate of drug-likeness (QED) is 0.403. The van der Waals surface area contributed by atoms with Gasteiger partial charge >= 0.3 is 6.18 Å². The van der Waals surface area contributed by atoms with Crippen LogP contribution in [0.3, 0.4) is 0 Å². The molecule has 0 fully saturated rings. The fourth-order valence-corrected chi connectivity index (χ4v) is 2.93. The van der Waals surface area contributed by atoms with Crippen molar-refractivity contribution >= 4 is 46.4 Å². The lowest BCUT2D eigenvalue weighted by atomic mass is 10.1. The third kappa shape index (κ3) is 4.98. The van der Waals surface area contributed by atoms with Crippen LogP contribution in [0.5, 0.6) is 11.6 Å². The number of hydrogen-bond acceptors (Lipinski definition) is 3. The molecule has 1 amide bonds. The van der Waals surface area contributed by atoms with Gasteiger partial charge in [-0.25, -0.2) is 4.98 Å². The van der Waals surface area contributed by atoms with E-state index in [0.29, 0.717) is 11.1 Å². The zero-order valence-electron chi connectivity index (χ0n) is 15.2. The number of benzene rings is 2. The molecule has 0 saturated carbocycles. The van der Waals surface area contributed by atoms with Crippen molar-refractivity contribution in [2.24, 2.45) is 0 Å². The molecule has 2 aromatic carbocycles. The molecule has 0 aliphatic carbocycles. The summed E-state index contributed by atoms with van der Waals surface area (Å²) in [5, 5.41) is 0.856. The number of carbonyl (C=O) groups excluding carboxylic acids is 1. The minimum Gasteiger partial charge on any atom is -0.439 e. The smallest absolute Gasteiger partial charge is 0.417 e. The van der Waals surface area contributed by atoms with Gasteiger partial charge < -0.3 is 9.64 Å². The minimum absolute atomic E-state index is 0.162. The van der Waals surface area contributed by atoms with Crippen molar-refractivity contribution in [3.63, 3.8) is 0 Å². The Kier molecular flexibility index (Phi) is 6.45. The van der Waals surface area contributed by atoms with E-state index in [2.05, 4.69) is 4.98 Å². The van der Waals surface area contributed by atoms with E-state index in [1.165, 1.54) is 49.5 Å². The molecular weight excluding hydrogens is 464 g/mol. The lowest BCUT2D eigenvalue weighted by Gasteiger charge is -2.20. The Morgan fingerprint density at radius 1 is 1.00 bits per heavy atom. The zero-order valence-corrected chi connectivity index (χ0v) is 17.4. The maximum atomic E-state index is 13.7. The van der Waals surface area contributed by atoms with Crippen molar-refractivity contribution < 1.29 is 22.7 Å². The van der Waals surface area contributed by atoms with E-state index in [-0.39, 0.29) is 27.4 Å². The first kappa shape index (κ1) is 22.2. The third-order valence-corrected chi connectivity index (χ3v) is 5.04. The second-order valence-electron chi connectivity index (χ2n) is 6.08. The summed E-state index contributed by atoms with van der Waals surface area (Å²) >= 11 is 17.6. The molecule has 1 heterocycles. The maximum Gasteiger partial charge on any atom is 0.417 e. The maximum absolute atomic E-state index is 13.7. The van der Waals surface area contributed by atoms with Crippen LogP contribution in [0.15, 0.2) is 54.7 Å². The predicted octanol–water partition coefficient (Wildman–Crippen LogP) is 7.13. The monoisotopic (exact) mass is 474 g/mol. The number of alkyl halides is 3. The number of nitrogens with zero attached hydrogens (tertiary/aromatic N) is 2. The van der Waals surface area contributed by atoms with Gasteiger partial charge in [-0.2, -0.15) is 13.2 Å². The highest BCUT2D eigenvalue weighted by Gasteiger charge is 2.37. The Labute approximate surface area is 184 Å². The molecular formula is C20H12Cl3F3N2O2. The molecule has 0 saturated heterocycles. The number of aromatic nitrogens is 1. The van der Waals surface area contributed by atoms with Gasteiger partial charge in [0.1, 0.15) is 5.75 Å². The van der Waals surface area contributed by atoms with Gasteiger partial charge in [0, 0.05) is 30.0 Å². The molecule has 0 atom stereocenters. The fraction of sp³-hybridized carbons (Fsp3) is 0.100. The van der Waals surface area contributed by atoms with Crippen LogP contribution < -0.4 is 9.64 Å². The van der Waals surface area contributed by atoms with E-state index in [4.69, 9.17) is 39.5 Å². The highest BCUT2D eigenvalue weighted by molar-refractivity contribution is 6.42. The summed E-state index contributed by atoms with van der Waals surface area (Å²) in [4.78, 5) is 17.6. The van der Waals surface area contributed by atoms with Gasteiger partial charge in [-0.05, 0) is 42.5 Å². The molecule has 0 aliphatic heterocycles. The van der Waals surface area contributed by atoms with Crippen LogP contribution in [-0.4, -0.2) is 17.9 Å². The molecule has 0 aliphatic rings. The van der Waals surface area contributed by atoms with Gasteiger partial charge in [0.15, 0.2) is 0 Å². The van der Waals surface area contributed by atoms with Crippen molar-refractivity contribution in [1.82, 2.24) is 4.98 Å². The van der Waals surface area contributed by atoms with Crippen molar-refractivity contribution in [2.45, 2.75) is 6.18 Å². The van der Waals surface area contributed by atoms with Crippen LogP contribution in [0.1, 0.15) is 15.9 Å². The number of rotatable bonds is 4. The van der Waals surface area contributed by atoms with Gasteiger partial charge in [-0.1, -0.05) is 34.8 Å².